The summed E-state index contributed by atoms with van der Waals surface area (Å²) in [7, 11) is 0. The first kappa shape index (κ1) is 11.1. The van der Waals surface area contributed by atoms with E-state index in [9.17, 15) is 4.79 Å². The lowest BCUT2D eigenvalue weighted by atomic mass is 10.1. The van der Waals surface area contributed by atoms with E-state index >= 15 is 0 Å². The van der Waals surface area contributed by atoms with Crippen LogP contribution in [0.4, 0.5) is 0 Å². The van der Waals surface area contributed by atoms with Gasteiger partial charge in [-0.05, 0) is 30.4 Å². The molecule has 1 saturated heterocycles. The summed E-state index contributed by atoms with van der Waals surface area (Å²) in [6.07, 6.45) is 3.45. The molecule has 1 aliphatic heterocycles. The van der Waals surface area contributed by atoms with Gasteiger partial charge in [-0.2, -0.15) is 0 Å². The Labute approximate surface area is 106 Å². The van der Waals surface area contributed by atoms with E-state index in [-0.39, 0.29) is 5.37 Å². The number of nitrogens with zero attached hydrogens (tertiary/aromatic N) is 1. The normalized spacial score (nSPS) is 24.4. The van der Waals surface area contributed by atoms with Gasteiger partial charge in [0.05, 0.1) is 5.75 Å². The molecule has 1 amide bonds. The Bertz CT molecular complexity index is 424. The fourth-order valence-corrected chi connectivity index (χ4v) is 3.61. The molecule has 2 nitrogen and oxygen atoms in total. The van der Waals surface area contributed by atoms with Crippen molar-refractivity contribution in [3.05, 3.63) is 35.4 Å². The van der Waals surface area contributed by atoms with Crippen LogP contribution in [0, 0.1) is 0 Å². The highest BCUT2D eigenvalue weighted by Gasteiger charge is 2.42. The fraction of sp³-hybridized carbons (Fsp3) is 0.500. The number of aryl methyl sites for hydroxylation is 1. The maximum atomic E-state index is 11.9. The van der Waals surface area contributed by atoms with E-state index in [2.05, 4.69) is 36.1 Å². The standard InChI is InChI=1S/C14H17NOS/c1-2-10-3-5-11(6-4-10)14-15(12-7-8-12)13(16)9-17-14/h3-6,12,14H,2,7-9H2,1H3/t14-/m0/s1. The van der Waals surface area contributed by atoms with Crippen molar-refractivity contribution < 1.29 is 4.79 Å². The predicted molar refractivity (Wildman–Crippen MR) is 70.9 cm³/mol. The molecule has 1 aromatic carbocycles. The molecule has 0 aromatic heterocycles. The fourth-order valence-electron chi connectivity index (χ4n) is 2.36. The maximum Gasteiger partial charge on any atom is 0.234 e. The smallest absolute Gasteiger partial charge is 0.234 e. The Balaban J connectivity index is 1.84. The first-order valence-electron chi connectivity index (χ1n) is 6.31. The number of hydrogen-bond acceptors (Lipinski definition) is 2. The molecule has 0 unspecified atom stereocenters. The first-order valence-corrected chi connectivity index (χ1v) is 7.36. The van der Waals surface area contributed by atoms with Gasteiger partial charge in [0.15, 0.2) is 0 Å². The summed E-state index contributed by atoms with van der Waals surface area (Å²) in [5.41, 5.74) is 2.64. The van der Waals surface area contributed by atoms with Crippen molar-refractivity contribution in [1.29, 1.82) is 0 Å². The SMILES string of the molecule is CCc1ccc([C@@H]2SCC(=O)N2C2CC2)cc1. The quantitative estimate of drug-likeness (QED) is 0.818. The number of hydrogen-bond donors (Lipinski definition) is 0. The lowest BCUT2D eigenvalue weighted by molar-refractivity contribution is -0.128. The third-order valence-electron chi connectivity index (χ3n) is 3.52. The summed E-state index contributed by atoms with van der Waals surface area (Å²) in [4.78, 5) is 14.0. The lowest BCUT2D eigenvalue weighted by Crippen LogP contribution is -2.30. The second-order valence-corrected chi connectivity index (χ2v) is 5.86. The Kier molecular flexibility index (Phi) is 2.87. The molecule has 1 aliphatic carbocycles. The van der Waals surface area contributed by atoms with Crippen molar-refractivity contribution in [3.8, 4) is 0 Å². The van der Waals surface area contributed by atoms with Crippen LogP contribution in [0.3, 0.4) is 0 Å². The van der Waals surface area contributed by atoms with Crippen molar-refractivity contribution in [2.75, 3.05) is 5.75 Å². The van der Waals surface area contributed by atoms with Gasteiger partial charge in [0.25, 0.3) is 0 Å². The Morgan fingerprint density at radius 1 is 1.29 bits per heavy atom. The zero-order valence-corrected chi connectivity index (χ0v) is 10.9. The van der Waals surface area contributed by atoms with Gasteiger partial charge in [0.2, 0.25) is 5.91 Å². The van der Waals surface area contributed by atoms with Gasteiger partial charge in [0.1, 0.15) is 5.37 Å². The van der Waals surface area contributed by atoms with Crippen LogP contribution in [-0.2, 0) is 11.2 Å². The minimum atomic E-state index is 0.265. The third-order valence-corrected chi connectivity index (χ3v) is 4.75. The van der Waals surface area contributed by atoms with E-state index < -0.39 is 0 Å². The summed E-state index contributed by atoms with van der Waals surface area (Å²) in [5, 5.41) is 0.265. The number of benzene rings is 1. The number of thioether (sulfide) groups is 1. The molecular formula is C14H17NOS. The highest BCUT2D eigenvalue weighted by Crippen LogP contribution is 2.45. The van der Waals surface area contributed by atoms with E-state index in [1.54, 1.807) is 11.8 Å². The first-order chi connectivity index (χ1) is 8.29. The van der Waals surface area contributed by atoms with Crippen LogP contribution in [-0.4, -0.2) is 22.6 Å². The van der Waals surface area contributed by atoms with Crippen LogP contribution in [0.15, 0.2) is 24.3 Å². The minimum Gasteiger partial charge on any atom is -0.323 e. The van der Waals surface area contributed by atoms with Crippen molar-refractivity contribution in [3.63, 3.8) is 0 Å². The van der Waals surface area contributed by atoms with Crippen LogP contribution < -0.4 is 0 Å². The summed E-state index contributed by atoms with van der Waals surface area (Å²) in [5.74, 6) is 0.971. The molecule has 2 aliphatic rings. The third kappa shape index (κ3) is 2.08. The monoisotopic (exact) mass is 247 g/mol. The molecule has 1 saturated carbocycles. The molecule has 2 fully saturated rings. The van der Waals surface area contributed by atoms with Gasteiger partial charge in [-0.25, -0.2) is 0 Å². The van der Waals surface area contributed by atoms with Crippen molar-refractivity contribution in [2.45, 2.75) is 37.6 Å². The van der Waals surface area contributed by atoms with E-state index in [1.165, 1.54) is 24.0 Å². The van der Waals surface area contributed by atoms with Gasteiger partial charge >= 0.3 is 0 Å². The summed E-state index contributed by atoms with van der Waals surface area (Å²) in [6, 6.07) is 9.26. The van der Waals surface area contributed by atoms with E-state index in [1.807, 2.05) is 0 Å². The van der Waals surface area contributed by atoms with Crippen LogP contribution in [0.1, 0.15) is 36.3 Å². The molecule has 0 radical (unpaired) electrons. The maximum absolute atomic E-state index is 11.9. The Morgan fingerprint density at radius 3 is 2.59 bits per heavy atom. The van der Waals surface area contributed by atoms with Crippen LogP contribution in [0.25, 0.3) is 0 Å². The number of rotatable bonds is 3. The predicted octanol–water partition coefficient (Wildman–Crippen LogP) is 2.99. The van der Waals surface area contributed by atoms with Crippen LogP contribution in [0.5, 0.6) is 0 Å². The van der Waals surface area contributed by atoms with Gasteiger partial charge in [0, 0.05) is 6.04 Å². The van der Waals surface area contributed by atoms with E-state index in [0.717, 1.165) is 6.42 Å². The molecule has 17 heavy (non-hydrogen) atoms. The number of carbonyl (C=O) groups is 1. The molecule has 1 heterocycles. The molecule has 3 rings (SSSR count). The molecular weight excluding hydrogens is 230 g/mol. The van der Waals surface area contributed by atoms with Gasteiger partial charge in [-0.15, -0.1) is 11.8 Å². The molecule has 1 atom stereocenters. The zero-order valence-electron chi connectivity index (χ0n) is 10.1. The van der Waals surface area contributed by atoms with Crippen LogP contribution >= 0.6 is 11.8 Å². The second kappa shape index (κ2) is 4.37. The molecule has 90 valence electrons. The zero-order chi connectivity index (χ0) is 11.8. The molecule has 0 bridgehead atoms. The van der Waals surface area contributed by atoms with E-state index in [0.29, 0.717) is 17.7 Å². The highest BCUT2D eigenvalue weighted by atomic mass is 32.2. The summed E-state index contributed by atoms with van der Waals surface area (Å²) < 4.78 is 0. The Morgan fingerprint density at radius 2 is 2.00 bits per heavy atom. The largest absolute Gasteiger partial charge is 0.323 e. The van der Waals surface area contributed by atoms with Crippen molar-refractivity contribution >= 4 is 17.7 Å². The van der Waals surface area contributed by atoms with Gasteiger partial charge in [-0.3, -0.25) is 4.79 Å². The number of carbonyl (C=O) groups excluding carboxylic acids is 1. The lowest BCUT2D eigenvalue weighted by Gasteiger charge is -2.24. The number of amides is 1. The van der Waals surface area contributed by atoms with Gasteiger partial charge < -0.3 is 4.90 Å². The summed E-state index contributed by atoms with van der Waals surface area (Å²) >= 11 is 1.77. The average Bonchev–Trinajstić information content (AvgIpc) is 3.13. The Hall–Kier alpha value is -0.960. The van der Waals surface area contributed by atoms with Crippen molar-refractivity contribution in [1.82, 2.24) is 4.90 Å². The molecule has 0 spiro atoms. The van der Waals surface area contributed by atoms with Gasteiger partial charge in [-0.1, -0.05) is 31.2 Å². The van der Waals surface area contributed by atoms with Crippen molar-refractivity contribution in [2.24, 2.45) is 0 Å². The molecule has 1 aromatic rings. The molecule has 3 heteroatoms. The minimum absolute atomic E-state index is 0.265. The molecule has 0 N–H and O–H groups in total. The highest BCUT2D eigenvalue weighted by molar-refractivity contribution is 8.00. The van der Waals surface area contributed by atoms with E-state index in [4.69, 9.17) is 0 Å². The second-order valence-electron chi connectivity index (χ2n) is 4.79. The van der Waals surface area contributed by atoms with Crippen LogP contribution in [0.2, 0.25) is 0 Å². The topological polar surface area (TPSA) is 20.3 Å². The average molecular weight is 247 g/mol. The summed E-state index contributed by atoms with van der Waals surface area (Å²) in [6.45, 7) is 2.17.